The third-order valence-corrected chi connectivity index (χ3v) is 8.90. The normalized spacial score (nSPS) is 16.1. The van der Waals surface area contributed by atoms with Crippen LogP contribution in [0.3, 0.4) is 0 Å². The Balaban J connectivity index is 1.26. The van der Waals surface area contributed by atoms with Crippen molar-refractivity contribution < 1.29 is 24.2 Å². The van der Waals surface area contributed by atoms with Gasteiger partial charge in [0.25, 0.3) is 11.8 Å². The van der Waals surface area contributed by atoms with Crippen molar-refractivity contribution in [3.8, 4) is 17.3 Å². The predicted octanol–water partition coefficient (Wildman–Crippen LogP) is 5.69. The Kier molecular flexibility index (Phi) is 7.90. The Labute approximate surface area is 255 Å². The molecule has 0 unspecified atom stereocenters. The maximum atomic E-state index is 13.7. The molecule has 0 bridgehead atoms. The molecule has 2 saturated carbocycles. The molecular formula is C34H35N5O5. The SMILES string of the molecule is COc1nc(NC(=O)C2(NC(=O)c3ccc4c(C5CCCC5)c(-c5ccccn5)n(C)c4c3)CCC2)ccc1/C=C/C(=O)O. The van der Waals surface area contributed by atoms with Crippen molar-refractivity contribution in [2.45, 2.75) is 56.4 Å². The number of anilines is 1. The van der Waals surface area contributed by atoms with Crippen LogP contribution in [-0.2, 0) is 16.6 Å². The highest BCUT2D eigenvalue weighted by Crippen LogP contribution is 2.44. The van der Waals surface area contributed by atoms with Crippen LogP contribution >= 0.6 is 0 Å². The average Bonchev–Trinajstić information content (AvgIpc) is 3.64. The average molecular weight is 594 g/mol. The van der Waals surface area contributed by atoms with Crippen LogP contribution in [0.4, 0.5) is 5.82 Å². The van der Waals surface area contributed by atoms with E-state index in [4.69, 9.17) is 9.84 Å². The number of aromatic nitrogens is 3. The number of ether oxygens (including phenoxy) is 1. The number of carbonyl (C=O) groups excluding carboxylic acids is 2. The summed E-state index contributed by atoms with van der Waals surface area (Å²) in [5, 5.41) is 15.9. The van der Waals surface area contributed by atoms with Crippen LogP contribution in [0.1, 0.15) is 72.3 Å². The number of fused-ring (bicyclic) bond motifs is 1. The number of amides is 2. The molecule has 1 aromatic carbocycles. The van der Waals surface area contributed by atoms with E-state index in [0.717, 1.165) is 47.6 Å². The van der Waals surface area contributed by atoms with E-state index in [-0.39, 0.29) is 23.5 Å². The van der Waals surface area contributed by atoms with Gasteiger partial charge in [0.1, 0.15) is 11.4 Å². The number of carboxylic acid groups (broad SMARTS) is 1. The number of carbonyl (C=O) groups is 3. The van der Waals surface area contributed by atoms with Gasteiger partial charge in [0.2, 0.25) is 5.88 Å². The molecule has 0 aliphatic heterocycles. The van der Waals surface area contributed by atoms with E-state index in [2.05, 4.69) is 25.2 Å². The fourth-order valence-corrected chi connectivity index (χ4v) is 6.48. The van der Waals surface area contributed by atoms with Crippen LogP contribution in [0.5, 0.6) is 5.88 Å². The number of pyridine rings is 2. The van der Waals surface area contributed by atoms with Gasteiger partial charge in [0.05, 0.1) is 18.5 Å². The fraction of sp³-hybridized carbons (Fsp3) is 0.324. The zero-order chi connectivity index (χ0) is 30.8. The summed E-state index contributed by atoms with van der Waals surface area (Å²) in [6, 6.07) is 14.9. The summed E-state index contributed by atoms with van der Waals surface area (Å²) in [5.74, 6) is -0.907. The summed E-state index contributed by atoms with van der Waals surface area (Å²) in [6.07, 6.45) is 10.7. The molecule has 3 N–H and O–H groups in total. The largest absolute Gasteiger partial charge is 0.481 e. The topological polar surface area (TPSA) is 135 Å². The summed E-state index contributed by atoms with van der Waals surface area (Å²) >= 11 is 0. The fourth-order valence-electron chi connectivity index (χ4n) is 6.48. The van der Waals surface area contributed by atoms with E-state index in [0.29, 0.717) is 29.9 Å². The summed E-state index contributed by atoms with van der Waals surface area (Å²) in [7, 11) is 3.44. The molecule has 0 spiro atoms. The monoisotopic (exact) mass is 593 g/mol. The van der Waals surface area contributed by atoms with Crippen molar-refractivity contribution in [3.63, 3.8) is 0 Å². The van der Waals surface area contributed by atoms with Gasteiger partial charge in [-0.1, -0.05) is 25.0 Å². The van der Waals surface area contributed by atoms with E-state index in [1.54, 1.807) is 12.1 Å². The Hall–Kier alpha value is -4.99. The van der Waals surface area contributed by atoms with Crippen molar-refractivity contribution in [2.24, 2.45) is 7.05 Å². The third kappa shape index (κ3) is 5.43. The number of benzene rings is 1. The van der Waals surface area contributed by atoms with Crippen LogP contribution in [0.2, 0.25) is 0 Å². The quantitative estimate of drug-likeness (QED) is 0.212. The van der Waals surface area contributed by atoms with E-state index in [1.807, 2.05) is 49.6 Å². The molecule has 2 aliphatic carbocycles. The molecule has 2 amide bonds. The predicted molar refractivity (Wildman–Crippen MR) is 167 cm³/mol. The van der Waals surface area contributed by atoms with Gasteiger partial charge in [-0.05, 0) is 86.1 Å². The molecule has 10 heteroatoms. The molecule has 3 aromatic heterocycles. The molecule has 2 aliphatic rings. The molecule has 6 rings (SSSR count). The first-order valence-electron chi connectivity index (χ1n) is 14.9. The summed E-state index contributed by atoms with van der Waals surface area (Å²) in [5.41, 5.74) is 4.14. The number of hydrogen-bond donors (Lipinski definition) is 3. The Bertz CT molecular complexity index is 1770. The number of carboxylic acids is 1. The van der Waals surface area contributed by atoms with Gasteiger partial charge >= 0.3 is 5.97 Å². The molecule has 0 saturated heterocycles. The smallest absolute Gasteiger partial charge is 0.328 e. The maximum Gasteiger partial charge on any atom is 0.328 e. The van der Waals surface area contributed by atoms with Gasteiger partial charge in [-0.15, -0.1) is 0 Å². The Morgan fingerprint density at radius 2 is 1.86 bits per heavy atom. The van der Waals surface area contributed by atoms with Crippen molar-refractivity contribution in [1.29, 1.82) is 0 Å². The number of rotatable bonds is 9. The molecule has 44 heavy (non-hydrogen) atoms. The highest BCUT2D eigenvalue weighted by molar-refractivity contribution is 6.06. The first kappa shape index (κ1) is 29.1. The molecule has 4 aromatic rings. The van der Waals surface area contributed by atoms with Gasteiger partial charge < -0.3 is 25.0 Å². The minimum Gasteiger partial charge on any atom is -0.481 e. The Morgan fingerprint density at radius 3 is 2.52 bits per heavy atom. The molecule has 2 fully saturated rings. The Morgan fingerprint density at radius 1 is 1.07 bits per heavy atom. The molecule has 0 atom stereocenters. The van der Waals surface area contributed by atoms with Gasteiger partial charge in [0.15, 0.2) is 0 Å². The molecule has 226 valence electrons. The van der Waals surface area contributed by atoms with Crippen molar-refractivity contribution >= 4 is 40.6 Å². The van der Waals surface area contributed by atoms with Crippen molar-refractivity contribution in [1.82, 2.24) is 19.9 Å². The molecular weight excluding hydrogens is 558 g/mol. The summed E-state index contributed by atoms with van der Waals surface area (Å²) in [4.78, 5) is 47.0. The minimum atomic E-state index is -1.10. The number of nitrogens with zero attached hydrogens (tertiary/aromatic N) is 3. The number of methoxy groups -OCH3 is 1. The van der Waals surface area contributed by atoms with E-state index >= 15 is 0 Å². The third-order valence-electron chi connectivity index (χ3n) is 8.90. The maximum absolute atomic E-state index is 13.7. The first-order valence-corrected chi connectivity index (χ1v) is 14.9. The zero-order valence-corrected chi connectivity index (χ0v) is 24.8. The lowest BCUT2D eigenvalue weighted by Crippen LogP contribution is -2.61. The van der Waals surface area contributed by atoms with Crippen LogP contribution < -0.4 is 15.4 Å². The molecule has 0 radical (unpaired) electrons. The first-order chi connectivity index (χ1) is 21.3. The highest BCUT2D eigenvalue weighted by atomic mass is 16.5. The van der Waals surface area contributed by atoms with Gasteiger partial charge in [-0.2, -0.15) is 4.98 Å². The van der Waals surface area contributed by atoms with E-state index in [1.165, 1.54) is 31.6 Å². The number of aliphatic carboxylic acids is 1. The van der Waals surface area contributed by atoms with Gasteiger partial charge in [-0.3, -0.25) is 14.6 Å². The van der Waals surface area contributed by atoms with E-state index in [9.17, 15) is 14.4 Å². The lowest BCUT2D eigenvalue weighted by atomic mass is 9.75. The number of hydrogen-bond acceptors (Lipinski definition) is 6. The second-order valence-electron chi connectivity index (χ2n) is 11.6. The van der Waals surface area contributed by atoms with Crippen molar-refractivity contribution in [2.75, 3.05) is 12.4 Å². The zero-order valence-electron chi connectivity index (χ0n) is 24.8. The summed E-state index contributed by atoms with van der Waals surface area (Å²) < 4.78 is 7.42. The standard InChI is InChI=1S/C34H35N5O5/c1-39-26-20-23(11-14-24(26)29(21-8-3-4-9-21)30(39)25-10-5-6-19-35-25)31(42)38-34(17-7-18-34)33(43)37-27-15-12-22(13-16-28(40)41)32(36-27)44-2/h5-6,10-16,19-21H,3-4,7-9,17-18H2,1-2H3,(H,38,42)(H,40,41)(H,36,37,43)/b16-13+. The highest BCUT2D eigenvalue weighted by Gasteiger charge is 2.46. The number of nitrogens with one attached hydrogen (secondary N) is 2. The van der Waals surface area contributed by atoms with Crippen LogP contribution in [0.15, 0.2) is 60.8 Å². The minimum absolute atomic E-state index is 0.171. The second kappa shape index (κ2) is 11.9. The van der Waals surface area contributed by atoms with Crippen LogP contribution in [-0.4, -0.2) is 50.1 Å². The van der Waals surface area contributed by atoms with Gasteiger partial charge in [-0.25, -0.2) is 4.79 Å². The molecule has 10 nitrogen and oxygen atoms in total. The number of aryl methyl sites for hydroxylation is 1. The molecule has 3 heterocycles. The second-order valence-corrected chi connectivity index (χ2v) is 11.6. The summed E-state index contributed by atoms with van der Waals surface area (Å²) in [6.45, 7) is 0. The van der Waals surface area contributed by atoms with Gasteiger partial charge in [0, 0.05) is 41.4 Å². The van der Waals surface area contributed by atoms with E-state index < -0.39 is 11.5 Å². The lowest BCUT2D eigenvalue weighted by molar-refractivity contribution is -0.131. The lowest BCUT2D eigenvalue weighted by Gasteiger charge is -2.40. The van der Waals surface area contributed by atoms with Crippen molar-refractivity contribution in [3.05, 3.63) is 77.5 Å². The van der Waals surface area contributed by atoms with Crippen LogP contribution in [0.25, 0.3) is 28.4 Å². The van der Waals surface area contributed by atoms with Crippen LogP contribution in [0, 0.1) is 0 Å².